The van der Waals surface area contributed by atoms with E-state index in [9.17, 15) is 0 Å². The van der Waals surface area contributed by atoms with Crippen molar-refractivity contribution in [2.24, 2.45) is 0 Å². The lowest BCUT2D eigenvalue weighted by molar-refractivity contribution is 0.454. The van der Waals surface area contributed by atoms with Crippen LogP contribution in [0, 0.1) is 6.92 Å². The topological polar surface area (TPSA) is 63.8 Å². The van der Waals surface area contributed by atoms with E-state index in [1.807, 2.05) is 19.9 Å². The number of aryl methyl sites for hydroxylation is 1. The first-order chi connectivity index (χ1) is 7.78. The molecule has 0 saturated carbocycles. The van der Waals surface area contributed by atoms with Gasteiger partial charge < -0.3 is 9.73 Å². The number of hydrogen-bond donors (Lipinski definition) is 1. The highest BCUT2D eigenvalue weighted by Gasteiger charge is 2.06. The molecular weight excluding hydrogens is 224 g/mol. The Morgan fingerprint density at radius 3 is 3.00 bits per heavy atom. The van der Waals surface area contributed by atoms with Gasteiger partial charge in [0.2, 0.25) is 0 Å². The molecule has 0 spiro atoms. The summed E-state index contributed by atoms with van der Waals surface area (Å²) in [5.74, 6) is 1.55. The van der Waals surface area contributed by atoms with E-state index in [4.69, 9.17) is 4.42 Å². The van der Waals surface area contributed by atoms with Crippen LogP contribution < -0.4 is 5.32 Å². The molecule has 2 aromatic rings. The Labute approximate surface area is 97.7 Å². The van der Waals surface area contributed by atoms with Crippen molar-refractivity contribution in [2.45, 2.75) is 24.1 Å². The Hall–Kier alpha value is -1.56. The lowest BCUT2D eigenvalue weighted by Gasteiger charge is -2.04. The molecule has 0 aromatic carbocycles. The fourth-order valence-electron chi connectivity index (χ4n) is 1.21. The molecule has 0 aliphatic heterocycles. The largest absolute Gasteiger partial charge is 0.440 e. The summed E-state index contributed by atoms with van der Waals surface area (Å²) in [6.07, 6.45) is 3.16. The molecule has 2 heterocycles. The maximum atomic E-state index is 5.15. The third kappa shape index (κ3) is 2.73. The van der Waals surface area contributed by atoms with Crippen LogP contribution in [-0.4, -0.2) is 21.5 Å². The van der Waals surface area contributed by atoms with Gasteiger partial charge in [0, 0.05) is 12.6 Å². The van der Waals surface area contributed by atoms with E-state index < -0.39 is 0 Å². The number of nitrogens with zero attached hydrogens (tertiary/aromatic N) is 3. The molecule has 0 bridgehead atoms. The van der Waals surface area contributed by atoms with Crippen molar-refractivity contribution in [3.05, 3.63) is 24.4 Å². The molecule has 0 radical (unpaired) electrons. The van der Waals surface area contributed by atoms with Crippen molar-refractivity contribution in [1.29, 1.82) is 0 Å². The zero-order chi connectivity index (χ0) is 11.4. The molecule has 2 aromatic heterocycles. The van der Waals surface area contributed by atoms with Crippen LogP contribution in [-0.2, 0) is 0 Å². The molecule has 16 heavy (non-hydrogen) atoms. The summed E-state index contributed by atoms with van der Waals surface area (Å²) >= 11 is 1.38. The number of rotatable bonds is 4. The maximum absolute atomic E-state index is 5.15. The highest BCUT2D eigenvalue weighted by Crippen LogP contribution is 2.25. The molecule has 5 nitrogen and oxygen atoms in total. The van der Waals surface area contributed by atoms with E-state index in [0.29, 0.717) is 5.22 Å². The summed E-state index contributed by atoms with van der Waals surface area (Å²) in [5, 5.41) is 4.56. The standard InChI is InChI=1S/C10H12N4OS/c1-3-11-8-6-9(14-7(2)13-8)16-10-12-4-5-15-10/h4-6H,3H2,1-2H3,(H,11,13,14). The summed E-state index contributed by atoms with van der Waals surface area (Å²) in [4.78, 5) is 12.6. The van der Waals surface area contributed by atoms with Crippen LogP contribution >= 0.6 is 11.8 Å². The predicted molar refractivity (Wildman–Crippen MR) is 61.6 cm³/mol. The molecular formula is C10H12N4OS. The fraction of sp³-hybridized carbons (Fsp3) is 0.300. The molecule has 0 atom stereocenters. The highest BCUT2D eigenvalue weighted by atomic mass is 32.2. The third-order valence-electron chi connectivity index (χ3n) is 1.77. The van der Waals surface area contributed by atoms with Gasteiger partial charge in [-0.25, -0.2) is 15.0 Å². The summed E-state index contributed by atoms with van der Waals surface area (Å²) < 4.78 is 5.15. The van der Waals surface area contributed by atoms with Crippen LogP contribution in [0.2, 0.25) is 0 Å². The normalized spacial score (nSPS) is 10.4. The first-order valence-electron chi connectivity index (χ1n) is 4.95. The second-order valence-corrected chi connectivity index (χ2v) is 4.04. The molecule has 1 N–H and O–H groups in total. The predicted octanol–water partition coefficient (Wildman–Crippen LogP) is 2.36. The van der Waals surface area contributed by atoms with E-state index in [2.05, 4.69) is 20.3 Å². The van der Waals surface area contributed by atoms with E-state index in [-0.39, 0.29) is 0 Å². The molecule has 0 unspecified atom stereocenters. The highest BCUT2D eigenvalue weighted by molar-refractivity contribution is 7.99. The Balaban J connectivity index is 2.20. The molecule has 0 saturated heterocycles. The molecule has 0 aliphatic carbocycles. The first-order valence-corrected chi connectivity index (χ1v) is 5.76. The van der Waals surface area contributed by atoms with Gasteiger partial charge in [0.1, 0.15) is 22.9 Å². The number of oxazole rings is 1. The van der Waals surface area contributed by atoms with Crippen molar-refractivity contribution < 1.29 is 4.42 Å². The molecule has 0 aliphatic rings. The van der Waals surface area contributed by atoms with Gasteiger partial charge in [-0.2, -0.15) is 0 Å². The summed E-state index contributed by atoms with van der Waals surface area (Å²) in [5.41, 5.74) is 0. The number of hydrogen-bond acceptors (Lipinski definition) is 6. The average Bonchev–Trinajstić information content (AvgIpc) is 2.70. The molecule has 0 amide bonds. The number of anilines is 1. The Morgan fingerprint density at radius 1 is 1.44 bits per heavy atom. The lowest BCUT2D eigenvalue weighted by Crippen LogP contribution is -2.02. The number of nitrogens with one attached hydrogen (secondary N) is 1. The summed E-state index contributed by atoms with van der Waals surface area (Å²) in [6.45, 7) is 4.72. The van der Waals surface area contributed by atoms with Gasteiger partial charge in [0.15, 0.2) is 0 Å². The molecule has 84 valence electrons. The van der Waals surface area contributed by atoms with E-state index >= 15 is 0 Å². The minimum atomic E-state index is 0.584. The van der Waals surface area contributed by atoms with Gasteiger partial charge in [-0.05, 0) is 25.6 Å². The average molecular weight is 236 g/mol. The quantitative estimate of drug-likeness (QED) is 0.822. The van der Waals surface area contributed by atoms with Crippen molar-refractivity contribution in [2.75, 3.05) is 11.9 Å². The molecule has 6 heteroatoms. The Bertz CT molecular complexity index is 458. The Kier molecular flexibility index (Phi) is 3.40. The van der Waals surface area contributed by atoms with Crippen molar-refractivity contribution in [3.8, 4) is 0 Å². The fourth-order valence-corrected chi connectivity index (χ4v) is 1.96. The van der Waals surface area contributed by atoms with Gasteiger partial charge in [-0.1, -0.05) is 0 Å². The summed E-state index contributed by atoms with van der Waals surface area (Å²) in [6, 6.07) is 1.88. The van der Waals surface area contributed by atoms with Gasteiger partial charge in [0.05, 0.1) is 6.20 Å². The van der Waals surface area contributed by atoms with Crippen LogP contribution in [0.3, 0.4) is 0 Å². The zero-order valence-electron chi connectivity index (χ0n) is 9.10. The van der Waals surface area contributed by atoms with Crippen molar-refractivity contribution in [1.82, 2.24) is 15.0 Å². The second-order valence-electron chi connectivity index (χ2n) is 3.07. The van der Waals surface area contributed by atoms with Crippen LogP contribution in [0.4, 0.5) is 5.82 Å². The van der Waals surface area contributed by atoms with Gasteiger partial charge >= 0.3 is 0 Å². The summed E-state index contributed by atoms with van der Waals surface area (Å²) in [7, 11) is 0. The van der Waals surface area contributed by atoms with Crippen molar-refractivity contribution >= 4 is 17.6 Å². The maximum Gasteiger partial charge on any atom is 0.261 e. The first kappa shape index (κ1) is 10.9. The Morgan fingerprint density at radius 2 is 2.31 bits per heavy atom. The van der Waals surface area contributed by atoms with E-state index in [0.717, 1.165) is 23.2 Å². The van der Waals surface area contributed by atoms with Gasteiger partial charge in [-0.3, -0.25) is 0 Å². The van der Waals surface area contributed by atoms with Crippen LogP contribution in [0.25, 0.3) is 0 Å². The smallest absolute Gasteiger partial charge is 0.261 e. The van der Waals surface area contributed by atoms with E-state index in [1.165, 1.54) is 11.8 Å². The van der Waals surface area contributed by atoms with Crippen LogP contribution in [0.1, 0.15) is 12.7 Å². The van der Waals surface area contributed by atoms with Gasteiger partial charge in [0.25, 0.3) is 5.22 Å². The lowest BCUT2D eigenvalue weighted by atomic mass is 10.5. The molecule has 2 rings (SSSR count). The SMILES string of the molecule is CCNc1cc(Sc2ncco2)nc(C)n1. The zero-order valence-corrected chi connectivity index (χ0v) is 9.91. The van der Waals surface area contributed by atoms with E-state index in [1.54, 1.807) is 12.5 Å². The minimum Gasteiger partial charge on any atom is -0.440 e. The second kappa shape index (κ2) is 4.98. The minimum absolute atomic E-state index is 0.584. The monoisotopic (exact) mass is 236 g/mol. The van der Waals surface area contributed by atoms with Crippen LogP contribution in [0.15, 0.2) is 33.2 Å². The third-order valence-corrected chi connectivity index (χ3v) is 2.57. The van der Waals surface area contributed by atoms with Crippen molar-refractivity contribution in [3.63, 3.8) is 0 Å². The number of aromatic nitrogens is 3. The van der Waals surface area contributed by atoms with Gasteiger partial charge in [-0.15, -0.1) is 0 Å². The van der Waals surface area contributed by atoms with Crippen LogP contribution in [0.5, 0.6) is 0 Å². The molecule has 0 fully saturated rings.